The SMILES string of the molecule is COc1cc2c(cc1OC)CN(Cc1ccc(NC(=O)c3cccc(/C=c4\[nH]c(=O)/c(=C/c5ccccc5)n(C)c4=O)c3)cc1)CC2. The van der Waals surface area contributed by atoms with Crippen LogP contribution in [0.2, 0.25) is 0 Å². The molecular formula is C38H36N4O5. The number of anilines is 1. The van der Waals surface area contributed by atoms with Gasteiger partial charge in [-0.1, -0.05) is 54.6 Å². The Balaban J connectivity index is 1.13. The molecule has 0 bridgehead atoms. The minimum Gasteiger partial charge on any atom is -0.493 e. The number of fused-ring (bicyclic) bond motifs is 1. The van der Waals surface area contributed by atoms with Gasteiger partial charge in [-0.05, 0) is 82.8 Å². The first kappa shape index (κ1) is 31.3. The minimum absolute atomic E-state index is 0.131. The third-order valence-corrected chi connectivity index (χ3v) is 8.36. The average Bonchev–Trinajstić information content (AvgIpc) is 3.09. The van der Waals surface area contributed by atoms with Crippen LogP contribution in [0.5, 0.6) is 11.5 Å². The lowest BCUT2D eigenvalue weighted by atomic mass is 9.98. The van der Waals surface area contributed by atoms with Gasteiger partial charge in [0.25, 0.3) is 17.0 Å². The third kappa shape index (κ3) is 7.10. The van der Waals surface area contributed by atoms with E-state index in [0.717, 1.165) is 48.7 Å². The summed E-state index contributed by atoms with van der Waals surface area (Å²) in [6.45, 7) is 2.54. The lowest BCUT2D eigenvalue weighted by Gasteiger charge is -2.29. The molecule has 1 aliphatic rings. The molecule has 1 aliphatic heterocycles. The van der Waals surface area contributed by atoms with Crippen LogP contribution in [0.3, 0.4) is 0 Å². The number of rotatable bonds is 8. The highest BCUT2D eigenvalue weighted by molar-refractivity contribution is 6.04. The van der Waals surface area contributed by atoms with Crippen molar-refractivity contribution >= 4 is 23.7 Å². The Kier molecular flexibility index (Phi) is 9.17. The van der Waals surface area contributed by atoms with Crippen LogP contribution in [-0.2, 0) is 26.6 Å². The summed E-state index contributed by atoms with van der Waals surface area (Å²) in [6, 6.07) is 28.2. The van der Waals surface area contributed by atoms with Crippen LogP contribution in [0.15, 0.2) is 101 Å². The number of carbonyl (C=O) groups is 1. The van der Waals surface area contributed by atoms with Gasteiger partial charge >= 0.3 is 0 Å². The van der Waals surface area contributed by atoms with Crippen molar-refractivity contribution < 1.29 is 14.3 Å². The van der Waals surface area contributed by atoms with Crippen molar-refractivity contribution in [3.63, 3.8) is 0 Å². The molecule has 0 atom stereocenters. The van der Waals surface area contributed by atoms with Gasteiger partial charge in [0.1, 0.15) is 10.7 Å². The number of amides is 1. The van der Waals surface area contributed by atoms with E-state index in [1.165, 1.54) is 15.7 Å². The van der Waals surface area contributed by atoms with E-state index in [2.05, 4.69) is 27.3 Å². The number of H-pyrrole nitrogens is 1. The van der Waals surface area contributed by atoms with E-state index in [4.69, 9.17) is 9.47 Å². The van der Waals surface area contributed by atoms with Gasteiger partial charge in [0.15, 0.2) is 11.5 Å². The molecule has 6 rings (SSSR count). The van der Waals surface area contributed by atoms with Gasteiger partial charge in [-0.3, -0.25) is 19.3 Å². The number of ether oxygens (including phenoxy) is 2. The molecule has 47 heavy (non-hydrogen) atoms. The molecule has 9 nitrogen and oxygen atoms in total. The number of aromatic nitrogens is 2. The highest BCUT2D eigenvalue weighted by Gasteiger charge is 2.19. The fourth-order valence-electron chi connectivity index (χ4n) is 5.82. The minimum atomic E-state index is -0.384. The number of hydrogen-bond donors (Lipinski definition) is 2. The number of nitrogens with one attached hydrogen (secondary N) is 2. The smallest absolute Gasteiger partial charge is 0.274 e. The summed E-state index contributed by atoms with van der Waals surface area (Å²) in [5.74, 6) is 1.22. The normalized spacial score (nSPS) is 13.7. The van der Waals surface area contributed by atoms with Gasteiger partial charge in [0.2, 0.25) is 0 Å². The van der Waals surface area contributed by atoms with Crippen LogP contribution in [0.4, 0.5) is 5.69 Å². The molecule has 5 aromatic rings. The standard InChI is InChI=1S/C38H36N4O5/c1-41-33(20-25-8-5-4-6-9-25)37(44)40-32(38(41)45)19-27-10-7-11-29(18-27)36(43)39-31-14-12-26(13-15-31)23-42-17-16-28-21-34(46-2)35(47-3)22-30(28)24-42/h4-15,18-22H,16-17,23-24H2,1-3H3,(H,39,43)(H,40,44)/b32-19-,33-20-. The van der Waals surface area contributed by atoms with Crippen molar-refractivity contribution in [3.8, 4) is 11.5 Å². The summed E-state index contributed by atoms with van der Waals surface area (Å²) < 4.78 is 12.3. The molecule has 0 unspecified atom stereocenters. The topological polar surface area (TPSA) is 106 Å². The molecule has 9 heteroatoms. The van der Waals surface area contributed by atoms with Crippen molar-refractivity contribution in [1.29, 1.82) is 0 Å². The Labute approximate surface area is 272 Å². The number of aromatic amines is 1. The predicted molar refractivity (Wildman–Crippen MR) is 183 cm³/mol. The Hall–Kier alpha value is -5.67. The van der Waals surface area contributed by atoms with E-state index in [-0.39, 0.29) is 27.7 Å². The zero-order valence-corrected chi connectivity index (χ0v) is 26.6. The Morgan fingerprint density at radius 1 is 0.851 bits per heavy atom. The predicted octanol–water partition coefficient (Wildman–Crippen LogP) is 3.56. The van der Waals surface area contributed by atoms with E-state index < -0.39 is 0 Å². The lowest BCUT2D eigenvalue weighted by molar-refractivity contribution is 0.102. The van der Waals surface area contributed by atoms with Gasteiger partial charge in [0, 0.05) is 37.9 Å². The summed E-state index contributed by atoms with van der Waals surface area (Å²) in [4.78, 5) is 44.2. The first-order valence-corrected chi connectivity index (χ1v) is 15.4. The van der Waals surface area contributed by atoms with E-state index in [0.29, 0.717) is 16.8 Å². The van der Waals surface area contributed by atoms with E-state index in [1.54, 1.807) is 57.7 Å². The summed E-state index contributed by atoms with van der Waals surface area (Å²) in [5.41, 5.74) is 5.46. The van der Waals surface area contributed by atoms with Crippen molar-refractivity contribution in [3.05, 3.63) is 156 Å². The molecule has 0 saturated heterocycles. The highest BCUT2D eigenvalue weighted by atomic mass is 16.5. The van der Waals surface area contributed by atoms with Gasteiger partial charge < -0.3 is 24.3 Å². The summed E-state index contributed by atoms with van der Waals surface area (Å²) >= 11 is 0. The van der Waals surface area contributed by atoms with E-state index in [9.17, 15) is 14.4 Å². The van der Waals surface area contributed by atoms with Crippen LogP contribution in [0.1, 0.15) is 38.2 Å². The second-order valence-electron chi connectivity index (χ2n) is 11.5. The first-order chi connectivity index (χ1) is 22.8. The molecular weight excluding hydrogens is 592 g/mol. The number of carbonyl (C=O) groups excluding carboxylic acids is 1. The molecule has 1 aromatic heterocycles. The zero-order valence-electron chi connectivity index (χ0n) is 26.6. The lowest BCUT2D eigenvalue weighted by Crippen LogP contribution is -2.52. The average molecular weight is 629 g/mol. The van der Waals surface area contributed by atoms with Crippen molar-refractivity contribution in [2.24, 2.45) is 7.05 Å². The van der Waals surface area contributed by atoms with Crippen LogP contribution < -0.4 is 36.6 Å². The fraction of sp³-hybridized carbons (Fsp3) is 0.184. The first-order valence-electron chi connectivity index (χ1n) is 15.4. The molecule has 0 saturated carbocycles. The highest BCUT2D eigenvalue weighted by Crippen LogP contribution is 2.33. The van der Waals surface area contributed by atoms with Crippen molar-refractivity contribution in [2.45, 2.75) is 19.5 Å². The second-order valence-corrected chi connectivity index (χ2v) is 11.5. The van der Waals surface area contributed by atoms with Crippen LogP contribution >= 0.6 is 0 Å². The number of methoxy groups -OCH3 is 2. The molecule has 0 spiro atoms. The number of benzene rings is 4. The van der Waals surface area contributed by atoms with Gasteiger partial charge in [-0.25, -0.2) is 0 Å². The van der Waals surface area contributed by atoms with E-state index in [1.807, 2.05) is 54.6 Å². The Morgan fingerprint density at radius 3 is 2.28 bits per heavy atom. The molecule has 238 valence electrons. The molecule has 2 heterocycles. The number of nitrogens with zero attached hydrogens (tertiary/aromatic N) is 2. The maximum Gasteiger partial charge on any atom is 0.274 e. The maximum atomic E-state index is 13.1. The third-order valence-electron chi connectivity index (χ3n) is 8.36. The van der Waals surface area contributed by atoms with Crippen LogP contribution in [0.25, 0.3) is 12.2 Å². The van der Waals surface area contributed by atoms with Gasteiger partial charge in [-0.15, -0.1) is 0 Å². The van der Waals surface area contributed by atoms with Crippen LogP contribution in [0, 0.1) is 0 Å². The molecule has 0 aliphatic carbocycles. The Bertz CT molecular complexity index is 2170. The maximum absolute atomic E-state index is 13.1. The van der Waals surface area contributed by atoms with E-state index >= 15 is 0 Å². The second kappa shape index (κ2) is 13.8. The molecule has 0 radical (unpaired) electrons. The van der Waals surface area contributed by atoms with Crippen molar-refractivity contribution in [2.75, 3.05) is 26.1 Å². The quantitative estimate of drug-likeness (QED) is 0.272. The van der Waals surface area contributed by atoms with Crippen molar-refractivity contribution in [1.82, 2.24) is 14.5 Å². The number of hydrogen-bond acceptors (Lipinski definition) is 6. The largest absolute Gasteiger partial charge is 0.493 e. The summed E-state index contributed by atoms with van der Waals surface area (Å²) in [7, 11) is 4.88. The molecule has 2 N–H and O–H groups in total. The molecule has 4 aromatic carbocycles. The summed E-state index contributed by atoms with van der Waals surface area (Å²) in [6.07, 6.45) is 4.18. The van der Waals surface area contributed by atoms with Crippen LogP contribution in [-0.4, -0.2) is 41.1 Å². The molecule has 1 amide bonds. The monoisotopic (exact) mass is 628 g/mol. The van der Waals surface area contributed by atoms with Gasteiger partial charge in [0.05, 0.1) is 14.2 Å². The zero-order chi connectivity index (χ0) is 32.9. The van der Waals surface area contributed by atoms with Gasteiger partial charge in [-0.2, -0.15) is 0 Å². The fourth-order valence-corrected chi connectivity index (χ4v) is 5.82. The molecule has 0 fully saturated rings. The Morgan fingerprint density at radius 2 is 1.55 bits per heavy atom. The summed E-state index contributed by atoms with van der Waals surface area (Å²) in [5, 5.41) is 3.34.